The van der Waals surface area contributed by atoms with Gasteiger partial charge in [0.1, 0.15) is 5.54 Å². The number of nitrogens with zero attached hydrogens (tertiary/aromatic N) is 1. The Balaban J connectivity index is 2.83. The molecule has 0 fully saturated rings. The Bertz CT molecular complexity index is 557. The number of nitrogens with one attached hydrogen (secondary N) is 1. The fourth-order valence-electron chi connectivity index (χ4n) is 2.12. The molecule has 0 heterocycles. The first-order valence-electron chi connectivity index (χ1n) is 6.86. The molecule has 1 N–H and O–H groups in total. The number of nitriles is 1. The number of benzene rings is 1. The number of rotatable bonds is 7. The van der Waals surface area contributed by atoms with E-state index in [9.17, 15) is 13.7 Å². The predicted octanol–water partition coefficient (Wildman–Crippen LogP) is 2.79. The van der Waals surface area contributed by atoms with Gasteiger partial charge in [-0.05, 0) is 24.3 Å². The van der Waals surface area contributed by atoms with E-state index in [1.807, 2.05) is 51.1 Å². The van der Waals surface area contributed by atoms with Crippen molar-refractivity contribution >= 4 is 10.0 Å². The van der Waals surface area contributed by atoms with Gasteiger partial charge in [-0.1, -0.05) is 51.1 Å². The average Bonchev–Trinajstić information content (AvgIpc) is 2.45. The molecule has 0 aliphatic rings. The van der Waals surface area contributed by atoms with Gasteiger partial charge in [-0.15, -0.1) is 0 Å². The highest BCUT2D eigenvalue weighted by molar-refractivity contribution is 7.89. The average molecular weight is 294 g/mol. The highest BCUT2D eigenvalue weighted by atomic mass is 32.2. The predicted molar refractivity (Wildman–Crippen MR) is 80.7 cm³/mol. The summed E-state index contributed by atoms with van der Waals surface area (Å²) in [7, 11) is -3.50. The molecule has 0 saturated carbocycles. The molecule has 0 aliphatic heterocycles. The maximum absolute atomic E-state index is 12.2. The summed E-state index contributed by atoms with van der Waals surface area (Å²) in [5.74, 6) is -0.126. The topological polar surface area (TPSA) is 70.0 Å². The van der Waals surface area contributed by atoms with E-state index in [0.29, 0.717) is 12.8 Å². The number of sulfonamides is 1. The second-order valence-corrected chi connectivity index (χ2v) is 6.86. The molecular formula is C15H22N2O2S. The summed E-state index contributed by atoms with van der Waals surface area (Å²) in [6, 6.07) is 11.6. The second kappa shape index (κ2) is 6.87. The molecule has 110 valence electrons. The maximum atomic E-state index is 12.2. The van der Waals surface area contributed by atoms with Gasteiger partial charge in [0.2, 0.25) is 10.0 Å². The van der Waals surface area contributed by atoms with Crippen LogP contribution in [0.4, 0.5) is 0 Å². The van der Waals surface area contributed by atoms with Crippen LogP contribution in [0.15, 0.2) is 30.3 Å². The molecule has 0 spiro atoms. The molecule has 5 heteroatoms. The molecule has 1 rings (SSSR count). The van der Waals surface area contributed by atoms with Crippen molar-refractivity contribution < 1.29 is 8.42 Å². The van der Waals surface area contributed by atoms with E-state index in [1.165, 1.54) is 0 Å². The van der Waals surface area contributed by atoms with Crippen molar-refractivity contribution in [3.05, 3.63) is 35.9 Å². The van der Waals surface area contributed by atoms with Gasteiger partial charge >= 0.3 is 0 Å². The third-order valence-corrected chi connectivity index (χ3v) is 5.25. The molecule has 0 aromatic heterocycles. The van der Waals surface area contributed by atoms with Crippen LogP contribution < -0.4 is 4.72 Å². The molecule has 0 radical (unpaired) electrons. The Hall–Kier alpha value is -1.38. The van der Waals surface area contributed by atoms with Crippen LogP contribution in [-0.4, -0.2) is 19.7 Å². The first kappa shape index (κ1) is 16.7. The van der Waals surface area contributed by atoms with Crippen LogP contribution in [0, 0.1) is 11.3 Å². The first-order valence-corrected chi connectivity index (χ1v) is 8.51. The largest absolute Gasteiger partial charge is 0.213 e. The van der Waals surface area contributed by atoms with Gasteiger partial charge in [-0.25, -0.2) is 8.42 Å². The van der Waals surface area contributed by atoms with E-state index in [0.717, 1.165) is 5.56 Å². The van der Waals surface area contributed by atoms with Crippen LogP contribution in [-0.2, 0) is 10.0 Å². The summed E-state index contributed by atoms with van der Waals surface area (Å²) in [6.45, 7) is 5.51. The quantitative estimate of drug-likeness (QED) is 0.840. The highest BCUT2D eigenvalue weighted by Crippen LogP contribution is 2.20. The minimum absolute atomic E-state index is 0.0134. The maximum Gasteiger partial charge on any atom is 0.213 e. The zero-order valence-electron chi connectivity index (χ0n) is 12.3. The molecule has 4 nitrogen and oxygen atoms in total. The zero-order chi connectivity index (χ0) is 15.2. The van der Waals surface area contributed by atoms with Crippen LogP contribution in [0.1, 0.15) is 45.1 Å². The summed E-state index contributed by atoms with van der Waals surface area (Å²) in [4.78, 5) is 0. The monoisotopic (exact) mass is 294 g/mol. The summed E-state index contributed by atoms with van der Waals surface area (Å²) in [5.41, 5.74) is -0.0108. The Morgan fingerprint density at radius 2 is 1.80 bits per heavy atom. The molecule has 0 amide bonds. The summed E-state index contributed by atoms with van der Waals surface area (Å²) in [6.07, 6.45) is 0.915. The van der Waals surface area contributed by atoms with Crippen molar-refractivity contribution in [1.82, 2.24) is 4.72 Å². The van der Waals surface area contributed by atoms with Crippen LogP contribution in [0.2, 0.25) is 0 Å². The summed E-state index contributed by atoms with van der Waals surface area (Å²) < 4.78 is 27.1. The van der Waals surface area contributed by atoms with Crippen molar-refractivity contribution in [2.45, 2.75) is 45.1 Å². The van der Waals surface area contributed by atoms with Gasteiger partial charge < -0.3 is 0 Å². The minimum Gasteiger partial charge on any atom is -0.212 e. The second-order valence-electron chi connectivity index (χ2n) is 5.10. The lowest BCUT2D eigenvalue weighted by Crippen LogP contribution is -2.47. The van der Waals surface area contributed by atoms with Gasteiger partial charge in [-0.2, -0.15) is 9.98 Å². The highest BCUT2D eigenvalue weighted by Gasteiger charge is 2.32. The van der Waals surface area contributed by atoms with Gasteiger partial charge in [0, 0.05) is 0 Å². The number of hydrogen-bond acceptors (Lipinski definition) is 3. The Morgan fingerprint density at radius 1 is 1.25 bits per heavy atom. The lowest BCUT2D eigenvalue weighted by atomic mass is 9.97. The van der Waals surface area contributed by atoms with Gasteiger partial charge in [0.15, 0.2) is 0 Å². The van der Waals surface area contributed by atoms with Crippen LogP contribution in [0.5, 0.6) is 0 Å². The van der Waals surface area contributed by atoms with Crippen molar-refractivity contribution in [2.75, 3.05) is 5.75 Å². The van der Waals surface area contributed by atoms with Gasteiger partial charge in [-0.3, -0.25) is 0 Å². The van der Waals surface area contributed by atoms with E-state index in [4.69, 9.17) is 0 Å². The molecule has 0 aliphatic carbocycles. The molecule has 0 bridgehead atoms. The Morgan fingerprint density at radius 3 is 2.25 bits per heavy atom. The van der Waals surface area contributed by atoms with E-state index >= 15 is 0 Å². The van der Waals surface area contributed by atoms with E-state index < -0.39 is 15.6 Å². The van der Waals surface area contributed by atoms with Crippen LogP contribution in [0.3, 0.4) is 0 Å². The molecule has 1 atom stereocenters. The fraction of sp³-hybridized carbons (Fsp3) is 0.533. The molecule has 20 heavy (non-hydrogen) atoms. The normalized spacial score (nSPS) is 13.7. The van der Waals surface area contributed by atoms with E-state index in [1.54, 1.807) is 0 Å². The van der Waals surface area contributed by atoms with Crippen LogP contribution in [0.25, 0.3) is 0 Å². The lowest BCUT2D eigenvalue weighted by Gasteiger charge is -2.25. The number of hydrogen-bond donors (Lipinski definition) is 1. The third kappa shape index (κ3) is 4.32. The lowest BCUT2D eigenvalue weighted by molar-refractivity contribution is 0.445. The summed E-state index contributed by atoms with van der Waals surface area (Å²) in [5, 5.41) is 9.21. The van der Waals surface area contributed by atoms with E-state index in [-0.39, 0.29) is 11.7 Å². The first-order chi connectivity index (χ1) is 9.38. The minimum atomic E-state index is -3.50. The van der Waals surface area contributed by atoms with Gasteiger partial charge in [0.05, 0.1) is 11.8 Å². The van der Waals surface area contributed by atoms with Crippen molar-refractivity contribution in [1.29, 1.82) is 5.26 Å². The molecule has 1 unspecified atom stereocenters. The smallest absolute Gasteiger partial charge is 0.212 e. The molecule has 1 aromatic rings. The van der Waals surface area contributed by atoms with Crippen molar-refractivity contribution in [3.8, 4) is 6.07 Å². The summed E-state index contributed by atoms with van der Waals surface area (Å²) >= 11 is 0. The standard InChI is InChI=1S/C15H22N2O2S/c1-4-15(5-2,12-16)17-20(18,19)11-13(3)14-9-7-6-8-10-14/h6-10,13,17H,4-5,11H2,1-3H3. The zero-order valence-corrected chi connectivity index (χ0v) is 13.1. The SMILES string of the molecule is CCC(C#N)(CC)NS(=O)(=O)CC(C)c1ccccc1. The Kier molecular flexibility index (Phi) is 5.73. The molecule has 0 saturated heterocycles. The molecular weight excluding hydrogens is 272 g/mol. The molecule has 1 aromatic carbocycles. The fourth-order valence-corrected chi connectivity index (χ4v) is 3.99. The van der Waals surface area contributed by atoms with Crippen LogP contribution >= 0.6 is 0 Å². The van der Waals surface area contributed by atoms with Crippen molar-refractivity contribution in [2.24, 2.45) is 0 Å². The van der Waals surface area contributed by atoms with Gasteiger partial charge in [0.25, 0.3) is 0 Å². The van der Waals surface area contributed by atoms with E-state index in [2.05, 4.69) is 10.8 Å². The Labute approximate surface area is 121 Å². The third-order valence-electron chi connectivity index (χ3n) is 3.61. The van der Waals surface area contributed by atoms with Crippen molar-refractivity contribution in [3.63, 3.8) is 0 Å².